The van der Waals surface area contributed by atoms with Crippen LogP contribution in [-0.2, 0) is 19.6 Å². The van der Waals surface area contributed by atoms with Crippen LogP contribution in [0, 0.1) is 13.8 Å². The van der Waals surface area contributed by atoms with Crippen molar-refractivity contribution in [3.63, 3.8) is 0 Å². The molecule has 3 rings (SSSR count). The van der Waals surface area contributed by atoms with Gasteiger partial charge in [-0.25, -0.2) is 8.42 Å². The van der Waals surface area contributed by atoms with Gasteiger partial charge < -0.3 is 10.1 Å². The minimum atomic E-state index is -3.64. The average Bonchev–Trinajstić information content (AvgIpc) is 3.08. The predicted molar refractivity (Wildman–Crippen MR) is 109 cm³/mol. The molecule has 28 heavy (non-hydrogen) atoms. The molecular formula is C17H22N4O4S3. The summed E-state index contributed by atoms with van der Waals surface area (Å²) in [6.07, 6.45) is 0. The number of hydrogen-bond donors (Lipinski definition) is 1. The number of ether oxygens (including phenoxy) is 1. The zero-order chi connectivity index (χ0) is 20.3. The third-order valence-corrected chi connectivity index (χ3v) is 8.26. The van der Waals surface area contributed by atoms with E-state index >= 15 is 0 Å². The summed E-state index contributed by atoms with van der Waals surface area (Å²) < 4.78 is 33.3. The van der Waals surface area contributed by atoms with E-state index in [1.165, 1.54) is 33.5 Å². The fourth-order valence-corrected chi connectivity index (χ4v) is 6.27. The summed E-state index contributed by atoms with van der Waals surface area (Å²) in [5, 5.41) is 11.2. The number of carbonyl (C=O) groups excluding carboxylic acids is 1. The number of amides is 1. The fourth-order valence-electron chi connectivity index (χ4n) is 2.66. The van der Waals surface area contributed by atoms with Gasteiger partial charge in [-0.05, 0) is 38.5 Å². The Labute approximate surface area is 172 Å². The van der Waals surface area contributed by atoms with E-state index in [1.54, 1.807) is 26.0 Å². The minimum Gasteiger partial charge on any atom is -0.379 e. The monoisotopic (exact) mass is 442 g/mol. The molecule has 0 saturated carbocycles. The van der Waals surface area contributed by atoms with Crippen molar-refractivity contribution in [2.45, 2.75) is 35.3 Å². The average molecular weight is 443 g/mol. The Kier molecular flexibility index (Phi) is 6.71. The summed E-state index contributed by atoms with van der Waals surface area (Å²) in [6.45, 7) is 6.80. The van der Waals surface area contributed by atoms with E-state index in [1.807, 2.05) is 6.92 Å². The number of rotatable bonds is 6. The minimum absolute atomic E-state index is 0.201. The standard InChI is InChI=1S/C17H22N4O4S3/c1-11-4-5-14(10-15(11)28(23,24)21-6-8-25-9-7-21)18-16(22)12(2)26-17-20-19-13(3)27-17/h4-5,10,12H,6-9H2,1-3H3,(H,18,22). The second-order valence-corrected chi connectivity index (χ2v) is 11.0. The van der Waals surface area contributed by atoms with E-state index in [4.69, 9.17) is 4.74 Å². The number of nitrogens with zero attached hydrogens (tertiary/aromatic N) is 3. The first kappa shape index (κ1) is 21.2. The lowest BCUT2D eigenvalue weighted by molar-refractivity contribution is -0.115. The Morgan fingerprint density at radius 2 is 2.00 bits per heavy atom. The predicted octanol–water partition coefficient (Wildman–Crippen LogP) is 2.30. The lowest BCUT2D eigenvalue weighted by Crippen LogP contribution is -2.40. The van der Waals surface area contributed by atoms with E-state index in [-0.39, 0.29) is 10.8 Å². The van der Waals surface area contributed by atoms with Crippen LogP contribution in [0.4, 0.5) is 5.69 Å². The quantitative estimate of drug-likeness (QED) is 0.685. The van der Waals surface area contributed by atoms with Gasteiger partial charge in [0.05, 0.1) is 23.4 Å². The van der Waals surface area contributed by atoms with Crippen molar-refractivity contribution in [1.82, 2.24) is 14.5 Å². The third-order valence-electron chi connectivity index (χ3n) is 4.20. The molecule has 0 aliphatic carbocycles. The number of benzene rings is 1. The maximum atomic E-state index is 13.0. The number of anilines is 1. The van der Waals surface area contributed by atoms with Crippen LogP contribution in [0.25, 0.3) is 0 Å². The number of nitrogens with one attached hydrogen (secondary N) is 1. The van der Waals surface area contributed by atoms with Gasteiger partial charge in [0.2, 0.25) is 15.9 Å². The Hall–Kier alpha value is -1.53. The molecular weight excluding hydrogens is 420 g/mol. The molecule has 1 aliphatic heterocycles. The summed E-state index contributed by atoms with van der Waals surface area (Å²) in [7, 11) is -3.64. The van der Waals surface area contributed by atoms with Crippen LogP contribution in [0.5, 0.6) is 0 Å². The fraction of sp³-hybridized carbons (Fsp3) is 0.471. The molecule has 2 aromatic rings. The first-order valence-corrected chi connectivity index (χ1v) is 11.9. The highest BCUT2D eigenvalue weighted by Crippen LogP contribution is 2.28. The third kappa shape index (κ3) is 4.90. The Morgan fingerprint density at radius 1 is 1.29 bits per heavy atom. The van der Waals surface area contributed by atoms with Gasteiger partial charge in [0.1, 0.15) is 5.01 Å². The van der Waals surface area contributed by atoms with E-state index in [9.17, 15) is 13.2 Å². The Morgan fingerprint density at radius 3 is 2.64 bits per heavy atom. The van der Waals surface area contributed by atoms with Crippen molar-refractivity contribution in [2.24, 2.45) is 0 Å². The van der Waals surface area contributed by atoms with Crippen LogP contribution in [0.1, 0.15) is 17.5 Å². The maximum Gasteiger partial charge on any atom is 0.243 e. The number of morpholine rings is 1. The molecule has 1 atom stereocenters. The molecule has 8 nitrogen and oxygen atoms in total. The molecule has 1 aliphatic rings. The zero-order valence-corrected chi connectivity index (χ0v) is 18.3. The SMILES string of the molecule is Cc1nnc(SC(C)C(=O)Nc2ccc(C)c(S(=O)(=O)N3CCOCC3)c2)s1. The summed E-state index contributed by atoms with van der Waals surface area (Å²) in [4.78, 5) is 12.7. The summed E-state index contributed by atoms with van der Waals surface area (Å²) in [5.74, 6) is -0.226. The van der Waals surface area contributed by atoms with Gasteiger partial charge in [0.25, 0.3) is 0 Å². The largest absolute Gasteiger partial charge is 0.379 e. The molecule has 0 bridgehead atoms. The maximum absolute atomic E-state index is 13.0. The van der Waals surface area contributed by atoms with E-state index < -0.39 is 15.3 Å². The van der Waals surface area contributed by atoms with Gasteiger partial charge in [-0.2, -0.15) is 4.31 Å². The molecule has 1 saturated heterocycles. The van der Waals surface area contributed by atoms with Crippen LogP contribution >= 0.6 is 23.1 Å². The number of aryl methyl sites for hydroxylation is 2. The van der Waals surface area contributed by atoms with Crippen LogP contribution in [-0.4, -0.2) is 60.4 Å². The first-order chi connectivity index (χ1) is 13.3. The van der Waals surface area contributed by atoms with Crippen LogP contribution < -0.4 is 5.32 Å². The molecule has 152 valence electrons. The van der Waals surface area contributed by atoms with Crippen molar-refractivity contribution in [3.05, 3.63) is 28.8 Å². The molecule has 1 aromatic heterocycles. The molecule has 0 spiro atoms. The lowest BCUT2D eigenvalue weighted by Gasteiger charge is -2.27. The number of thioether (sulfide) groups is 1. The van der Waals surface area contributed by atoms with Crippen molar-refractivity contribution < 1.29 is 17.9 Å². The topological polar surface area (TPSA) is 101 Å². The van der Waals surface area contributed by atoms with Gasteiger partial charge in [-0.15, -0.1) is 10.2 Å². The second kappa shape index (κ2) is 8.87. The summed E-state index contributed by atoms with van der Waals surface area (Å²) >= 11 is 2.75. The highest BCUT2D eigenvalue weighted by molar-refractivity contribution is 8.02. The van der Waals surface area contributed by atoms with Gasteiger partial charge >= 0.3 is 0 Å². The number of sulfonamides is 1. The van der Waals surface area contributed by atoms with E-state index in [0.717, 1.165) is 9.35 Å². The molecule has 2 heterocycles. The normalized spacial score (nSPS) is 16.7. The number of hydrogen-bond acceptors (Lipinski definition) is 8. The lowest BCUT2D eigenvalue weighted by atomic mass is 10.2. The molecule has 1 amide bonds. The van der Waals surface area contributed by atoms with Gasteiger partial charge in [0, 0.05) is 18.8 Å². The first-order valence-electron chi connectivity index (χ1n) is 8.73. The van der Waals surface area contributed by atoms with Crippen LogP contribution in [0.2, 0.25) is 0 Å². The van der Waals surface area contributed by atoms with Crippen molar-refractivity contribution in [3.8, 4) is 0 Å². The second-order valence-electron chi connectivity index (χ2n) is 6.33. The van der Waals surface area contributed by atoms with Crippen LogP contribution in [0.3, 0.4) is 0 Å². The highest BCUT2D eigenvalue weighted by Gasteiger charge is 2.28. The van der Waals surface area contributed by atoms with Gasteiger partial charge in [-0.1, -0.05) is 29.2 Å². The summed E-state index contributed by atoms with van der Waals surface area (Å²) in [5.41, 5.74) is 1.08. The van der Waals surface area contributed by atoms with Crippen LogP contribution in [0.15, 0.2) is 27.4 Å². The molecule has 0 radical (unpaired) electrons. The van der Waals surface area contributed by atoms with Crippen molar-refractivity contribution >= 4 is 44.7 Å². The zero-order valence-electron chi connectivity index (χ0n) is 15.8. The number of carbonyl (C=O) groups is 1. The molecule has 1 N–H and O–H groups in total. The van der Waals surface area contributed by atoms with E-state index in [0.29, 0.717) is 37.6 Å². The van der Waals surface area contributed by atoms with Crippen molar-refractivity contribution in [1.29, 1.82) is 0 Å². The van der Waals surface area contributed by atoms with Gasteiger partial charge in [-0.3, -0.25) is 4.79 Å². The Balaban J connectivity index is 1.74. The molecule has 1 fully saturated rings. The van der Waals surface area contributed by atoms with E-state index in [2.05, 4.69) is 15.5 Å². The summed E-state index contributed by atoms with van der Waals surface area (Å²) in [6, 6.07) is 4.93. The number of aromatic nitrogens is 2. The van der Waals surface area contributed by atoms with Gasteiger partial charge in [0.15, 0.2) is 4.34 Å². The molecule has 1 unspecified atom stereocenters. The van der Waals surface area contributed by atoms with Crippen molar-refractivity contribution in [2.75, 3.05) is 31.6 Å². The highest BCUT2D eigenvalue weighted by atomic mass is 32.2. The molecule has 1 aromatic carbocycles. The Bertz CT molecular complexity index is 955. The molecule has 11 heteroatoms. The smallest absolute Gasteiger partial charge is 0.243 e.